The van der Waals surface area contributed by atoms with Crippen LogP contribution in [0.3, 0.4) is 0 Å². The average Bonchev–Trinajstić information content (AvgIpc) is 2.88. The van der Waals surface area contributed by atoms with Gasteiger partial charge in [-0.3, -0.25) is 14.4 Å². The lowest BCUT2D eigenvalue weighted by atomic mass is 9.97. The van der Waals surface area contributed by atoms with E-state index in [-0.39, 0.29) is 6.54 Å². The highest BCUT2D eigenvalue weighted by atomic mass is 35.5. The average molecular weight is 601 g/mol. The molecule has 0 saturated heterocycles. The maximum atomic E-state index is 14.3. The number of hydrogen-bond acceptors (Lipinski definition) is 5. The lowest BCUT2D eigenvalue weighted by molar-refractivity contribution is -0.142. The van der Waals surface area contributed by atoms with Crippen molar-refractivity contribution in [3.8, 4) is 0 Å². The van der Waals surface area contributed by atoms with Gasteiger partial charge in [-0.15, -0.1) is 0 Å². The van der Waals surface area contributed by atoms with E-state index in [0.717, 1.165) is 36.8 Å². The van der Waals surface area contributed by atoms with Crippen LogP contribution in [0.15, 0.2) is 42.5 Å². The van der Waals surface area contributed by atoms with Gasteiger partial charge in [-0.1, -0.05) is 80.6 Å². The first kappa shape index (κ1) is 34.6. The lowest BCUT2D eigenvalue weighted by Crippen LogP contribution is -2.53. The second kappa shape index (κ2) is 16.2. The maximum absolute atomic E-state index is 14.3. The molecule has 2 aromatic rings. The van der Waals surface area contributed by atoms with Crippen molar-refractivity contribution < 1.29 is 23.9 Å². The molecule has 10 heteroatoms. The topological polar surface area (TPSA) is 131 Å². The molecule has 0 fully saturated rings. The predicted molar refractivity (Wildman–Crippen MR) is 166 cm³/mol. The number of aryl methyl sites for hydroxylation is 2. The number of alkyl carbamates (subject to hydrolysis) is 1. The highest BCUT2D eigenvalue weighted by Gasteiger charge is 2.37. The van der Waals surface area contributed by atoms with E-state index in [1.807, 2.05) is 32.0 Å². The summed E-state index contributed by atoms with van der Waals surface area (Å²) in [6.07, 6.45) is 3.19. The minimum absolute atomic E-state index is 0.210. The number of benzene rings is 2. The fraction of sp³-hybridized carbons (Fsp3) is 0.500. The molecule has 0 aromatic heterocycles. The number of unbranched alkanes of at least 4 members (excludes halogenated alkanes) is 4. The first-order chi connectivity index (χ1) is 19.7. The lowest BCUT2D eigenvalue weighted by Gasteiger charge is -2.35. The number of hydrogen-bond donors (Lipinski definition) is 3. The molecule has 0 spiro atoms. The van der Waals surface area contributed by atoms with E-state index in [4.69, 9.17) is 22.1 Å². The van der Waals surface area contributed by atoms with E-state index in [9.17, 15) is 19.2 Å². The van der Waals surface area contributed by atoms with Gasteiger partial charge >= 0.3 is 6.09 Å². The SMILES string of the molecule is CCCCCCCN(C(=O)C(CC(N)=O)NC(=O)OC(C)(C)C)C(C(=O)Nc1c(C)cccc1Cl)c1ccccc1C. The molecule has 2 unspecified atom stereocenters. The Morgan fingerprint density at radius 2 is 1.60 bits per heavy atom. The van der Waals surface area contributed by atoms with E-state index in [0.29, 0.717) is 22.7 Å². The van der Waals surface area contributed by atoms with Crippen LogP contribution in [0.4, 0.5) is 10.5 Å². The normalized spacial score (nSPS) is 12.6. The van der Waals surface area contributed by atoms with Gasteiger partial charge < -0.3 is 26.0 Å². The molecule has 4 amide bonds. The van der Waals surface area contributed by atoms with Gasteiger partial charge in [-0.2, -0.15) is 0 Å². The Kier molecular flexibility index (Phi) is 13.3. The van der Waals surface area contributed by atoms with Crippen LogP contribution < -0.4 is 16.4 Å². The molecule has 4 N–H and O–H groups in total. The fourth-order valence-corrected chi connectivity index (χ4v) is 4.90. The molecule has 230 valence electrons. The Morgan fingerprint density at radius 3 is 2.19 bits per heavy atom. The number of anilines is 1. The van der Waals surface area contributed by atoms with E-state index in [1.165, 1.54) is 4.90 Å². The number of ether oxygens (including phenoxy) is 1. The smallest absolute Gasteiger partial charge is 0.408 e. The Labute approximate surface area is 254 Å². The van der Waals surface area contributed by atoms with Crippen molar-refractivity contribution >= 4 is 41.1 Å². The molecular formula is C32H45ClN4O5. The summed E-state index contributed by atoms with van der Waals surface area (Å²) in [5.74, 6) is -1.87. The molecule has 2 rings (SSSR count). The Morgan fingerprint density at radius 1 is 0.952 bits per heavy atom. The first-order valence-electron chi connectivity index (χ1n) is 14.4. The third-order valence-corrected chi connectivity index (χ3v) is 7.01. The minimum Gasteiger partial charge on any atom is -0.444 e. The number of rotatable bonds is 14. The van der Waals surface area contributed by atoms with E-state index in [2.05, 4.69) is 17.6 Å². The fourth-order valence-electron chi connectivity index (χ4n) is 4.63. The van der Waals surface area contributed by atoms with Crippen molar-refractivity contribution in [3.63, 3.8) is 0 Å². The summed E-state index contributed by atoms with van der Waals surface area (Å²) < 4.78 is 5.36. The number of nitrogens with two attached hydrogens (primary N) is 1. The Hall–Kier alpha value is -3.59. The van der Waals surface area contributed by atoms with E-state index < -0.39 is 47.9 Å². The maximum Gasteiger partial charge on any atom is 0.408 e. The number of carbonyl (C=O) groups is 4. The Balaban J connectivity index is 2.59. The zero-order valence-electron chi connectivity index (χ0n) is 25.6. The van der Waals surface area contributed by atoms with Gasteiger partial charge in [0.05, 0.1) is 17.1 Å². The molecule has 0 aliphatic heterocycles. The minimum atomic E-state index is -1.34. The van der Waals surface area contributed by atoms with Gasteiger partial charge in [0.1, 0.15) is 17.7 Å². The molecule has 0 bridgehead atoms. The van der Waals surface area contributed by atoms with Gasteiger partial charge in [0.15, 0.2) is 0 Å². The summed E-state index contributed by atoms with van der Waals surface area (Å²) >= 11 is 6.44. The van der Waals surface area contributed by atoms with Crippen molar-refractivity contribution in [2.75, 3.05) is 11.9 Å². The van der Waals surface area contributed by atoms with Crippen LogP contribution in [0.1, 0.15) is 89.0 Å². The van der Waals surface area contributed by atoms with E-state index >= 15 is 0 Å². The van der Waals surface area contributed by atoms with Gasteiger partial charge in [-0.05, 0) is 63.8 Å². The van der Waals surface area contributed by atoms with Crippen molar-refractivity contribution in [3.05, 3.63) is 64.2 Å². The summed E-state index contributed by atoms with van der Waals surface area (Å²) in [4.78, 5) is 54.6. The number of para-hydroxylation sites is 1. The van der Waals surface area contributed by atoms with E-state index in [1.54, 1.807) is 45.0 Å². The number of nitrogens with one attached hydrogen (secondary N) is 2. The van der Waals surface area contributed by atoms with Gasteiger partial charge in [-0.25, -0.2) is 4.79 Å². The summed E-state index contributed by atoms with van der Waals surface area (Å²) in [6.45, 7) is 11.1. The zero-order valence-corrected chi connectivity index (χ0v) is 26.3. The molecule has 9 nitrogen and oxygen atoms in total. The molecule has 0 radical (unpaired) electrons. The van der Waals surface area contributed by atoms with Gasteiger partial charge in [0, 0.05) is 6.54 Å². The van der Waals surface area contributed by atoms with Crippen molar-refractivity contribution in [1.82, 2.24) is 10.2 Å². The van der Waals surface area contributed by atoms with Gasteiger partial charge in [0.2, 0.25) is 11.8 Å². The molecule has 2 atom stereocenters. The highest BCUT2D eigenvalue weighted by molar-refractivity contribution is 6.34. The summed E-state index contributed by atoms with van der Waals surface area (Å²) in [7, 11) is 0. The molecular weight excluding hydrogens is 556 g/mol. The summed E-state index contributed by atoms with van der Waals surface area (Å²) in [5, 5.41) is 5.81. The second-order valence-corrected chi connectivity index (χ2v) is 11.9. The second-order valence-electron chi connectivity index (χ2n) is 11.5. The van der Waals surface area contributed by atoms with Crippen molar-refractivity contribution in [2.24, 2.45) is 5.73 Å². The number of amides is 4. The third kappa shape index (κ3) is 10.7. The first-order valence-corrected chi connectivity index (χ1v) is 14.8. The summed E-state index contributed by atoms with van der Waals surface area (Å²) in [6, 6.07) is 10.2. The monoisotopic (exact) mass is 600 g/mol. The molecule has 2 aromatic carbocycles. The molecule has 0 aliphatic rings. The van der Waals surface area contributed by atoms with Crippen LogP contribution in [-0.2, 0) is 19.1 Å². The van der Waals surface area contributed by atoms with Gasteiger partial charge in [0.25, 0.3) is 5.91 Å². The number of carbonyl (C=O) groups excluding carboxylic acids is 4. The molecule has 0 heterocycles. The van der Waals surface area contributed by atoms with Crippen LogP contribution in [0.2, 0.25) is 5.02 Å². The molecule has 0 aliphatic carbocycles. The number of nitrogens with zero attached hydrogens (tertiary/aromatic N) is 1. The van der Waals surface area contributed by atoms with Crippen LogP contribution in [-0.4, -0.2) is 46.9 Å². The van der Waals surface area contributed by atoms with Crippen LogP contribution in [0.25, 0.3) is 0 Å². The van der Waals surface area contributed by atoms with Crippen molar-refractivity contribution in [1.29, 1.82) is 0 Å². The van der Waals surface area contributed by atoms with Crippen LogP contribution >= 0.6 is 11.6 Å². The third-order valence-electron chi connectivity index (χ3n) is 6.69. The predicted octanol–water partition coefficient (Wildman–Crippen LogP) is 6.20. The highest BCUT2D eigenvalue weighted by Crippen LogP contribution is 2.31. The molecule has 42 heavy (non-hydrogen) atoms. The number of halogens is 1. The molecule has 0 saturated carbocycles. The Bertz CT molecular complexity index is 1220. The quantitative estimate of drug-likeness (QED) is 0.222. The standard InChI is InChI=1S/C32H45ClN4O5/c1-7-8-9-10-13-19-37(30(40)25(20-26(34)38)35-31(41)42-32(4,5)6)28(23-17-12-11-15-21(23)2)29(39)36-27-22(3)16-14-18-24(27)33/h11-12,14-18,25,28H,7-10,13,19-20H2,1-6H3,(H2,34,38)(H,35,41)(H,36,39). The summed E-state index contributed by atoms with van der Waals surface area (Å²) in [5.41, 5.74) is 7.27. The largest absolute Gasteiger partial charge is 0.444 e. The van der Waals surface area contributed by atoms with Crippen molar-refractivity contribution in [2.45, 2.75) is 97.8 Å². The number of primary amides is 1. The van der Waals surface area contributed by atoms with Crippen LogP contribution in [0.5, 0.6) is 0 Å². The van der Waals surface area contributed by atoms with Crippen LogP contribution in [0, 0.1) is 13.8 Å². The zero-order chi connectivity index (χ0) is 31.4.